The molecular formula is C14H15NO5. The number of carbonyl (C=O) groups excluding carboxylic acids is 1. The number of aryl methyl sites for hydroxylation is 1. The van der Waals surface area contributed by atoms with Crippen molar-refractivity contribution in [3.63, 3.8) is 0 Å². The van der Waals surface area contributed by atoms with Crippen molar-refractivity contribution in [2.45, 2.75) is 26.8 Å². The molecule has 0 fully saturated rings. The van der Waals surface area contributed by atoms with Gasteiger partial charge in [-0.15, -0.1) is 0 Å². The van der Waals surface area contributed by atoms with E-state index in [1.54, 1.807) is 25.1 Å². The minimum atomic E-state index is -0.869. The molecule has 1 heterocycles. The van der Waals surface area contributed by atoms with E-state index in [4.69, 9.17) is 4.74 Å². The van der Waals surface area contributed by atoms with E-state index >= 15 is 0 Å². The van der Waals surface area contributed by atoms with E-state index < -0.39 is 23.4 Å². The Balaban J connectivity index is 2.73. The standard InChI is InChI=1S/C14H15NO5/c1-4-19-12(16)9(3)15-11-6-5-8(2)7-10(11)13(17)20-14(15)18/h5-7,9H,4H2,1-3H3/t9-/m0/s1. The molecule has 0 radical (unpaired) electrons. The highest BCUT2D eigenvalue weighted by atomic mass is 16.5. The van der Waals surface area contributed by atoms with E-state index in [0.717, 1.165) is 10.1 Å². The Bertz CT molecular complexity index is 771. The van der Waals surface area contributed by atoms with Gasteiger partial charge in [-0.05, 0) is 32.9 Å². The number of ether oxygens (including phenoxy) is 1. The largest absolute Gasteiger partial charge is 0.464 e. The van der Waals surface area contributed by atoms with Crippen LogP contribution in [0, 0.1) is 6.92 Å². The molecule has 6 heteroatoms. The number of rotatable bonds is 3. The highest BCUT2D eigenvalue weighted by Gasteiger charge is 2.21. The van der Waals surface area contributed by atoms with Crippen LogP contribution >= 0.6 is 0 Å². The monoisotopic (exact) mass is 277 g/mol. The molecule has 0 spiro atoms. The molecule has 0 amide bonds. The minimum Gasteiger partial charge on any atom is -0.464 e. The fourth-order valence-corrected chi connectivity index (χ4v) is 2.04. The number of aromatic nitrogens is 1. The van der Waals surface area contributed by atoms with E-state index in [2.05, 4.69) is 4.42 Å². The third-order valence-corrected chi connectivity index (χ3v) is 3.02. The molecule has 0 bridgehead atoms. The van der Waals surface area contributed by atoms with Crippen LogP contribution in [0.15, 0.2) is 32.2 Å². The number of fused-ring (bicyclic) bond motifs is 1. The molecule has 0 N–H and O–H groups in total. The first-order valence-electron chi connectivity index (χ1n) is 6.28. The SMILES string of the molecule is CCOC(=O)[C@H](C)n1c(=O)oc(=O)c2cc(C)ccc21. The lowest BCUT2D eigenvalue weighted by Crippen LogP contribution is -2.32. The first kappa shape index (κ1) is 14.0. The molecule has 0 saturated carbocycles. The Morgan fingerprint density at radius 1 is 1.40 bits per heavy atom. The zero-order valence-corrected chi connectivity index (χ0v) is 11.5. The molecule has 1 aromatic heterocycles. The molecule has 0 aliphatic rings. The topological polar surface area (TPSA) is 78.5 Å². The average Bonchev–Trinajstić information content (AvgIpc) is 2.39. The molecule has 2 rings (SSSR count). The minimum absolute atomic E-state index is 0.214. The van der Waals surface area contributed by atoms with Crippen LogP contribution in [0.25, 0.3) is 10.9 Å². The van der Waals surface area contributed by atoms with Gasteiger partial charge in [0, 0.05) is 0 Å². The summed E-state index contributed by atoms with van der Waals surface area (Å²) in [6.45, 7) is 5.24. The molecule has 0 aliphatic carbocycles. The average molecular weight is 277 g/mol. The quantitative estimate of drug-likeness (QED) is 0.792. The van der Waals surface area contributed by atoms with Crippen LogP contribution in [0.5, 0.6) is 0 Å². The van der Waals surface area contributed by atoms with Gasteiger partial charge in [-0.1, -0.05) is 11.6 Å². The van der Waals surface area contributed by atoms with Crippen LogP contribution in [-0.4, -0.2) is 17.1 Å². The van der Waals surface area contributed by atoms with Crippen molar-refractivity contribution in [3.05, 3.63) is 44.7 Å². The molecule has 0 saturated heterocycles. The predicted molar refractivity (Wildman–Crippen MR) is 72.8 cm³/mol. The van der Waals surface area contributed by atoms with Crippen LogP contribution in [0.2, 0.25) is 0 Å². The van der Waals surface area contributed by atoms with Gasteiger partial charge in [-0.25, -0.2) is 14.4 Å². The molecule has 0 unspecified atom stereocenters. The van der Waals surface area contributed by atoms with Crippen LogP contribution in [-0.2, 0) is 9.53 Å². The van der Waals surface area contributed by atoms with Crippen molar-refractivity contribution in [3.8, 4) is 0 Å². The van der Waals surface area contributed by atoms with Crippen molar-refractivity contribution >= 4 is 16.9 Å². The van der Waals surface area contributed by atoms with Crippen molar-refractivity contribution in [2.24, 2.45) is 0 Å². The van der Waals surface area contributed by atoms with Gasteiger partial charge in [0.25, 0.3) is 0 Å². The van der Waals surface area contributed by atoms with Gasteiger partial charge in [0.15, 0.2) is 0 Å². The lowest BCUT2D eigenvalue weighted by Gasteiger charge is -2.15. The zero-order valence-electron chi connectivity index (χ0n) is 11.5. The summed E-state index contributed by atoms with van der Waals surface area (Å²) in [5.41, 5.74) is 0.511. The van der Waals surface area contributed by atoms with Gasteiger partial charge < -0.3 is 9.15 Å². The molecular weight excluding hydrogens is 262 g/mol. The Labute approximate surface area is 114 Å². The Hall–Kier alpha value is -2.37. The van der Waals surface area contributed by atoms with Crippen molar-refractivity contribution in [1.82, 2.24) is 4.57 Å². The normalized spacial score (nSPS) is 12.3. The molecule has 1 aromatic carbocycles. The van der Waals surface area contributed by atoms with Crippen molar-refractivity contribution in [2.75, 3.05) is 6.61 Å². The summed E-state index contributed by atoms with van der Waals surface area (Å²) >= 11 is 0. The van der Waals surface area contributed by atoms with Gasteiger partial charge in [-0.3, -0.25) is 4.57 Å². The number of hydrogen-bond acceptors (Lipinski definition) is 5. The van der Waals surface area contributed by atoms with Crippen LogP contribution in [0.3, 0.4) is 0 Å². The summed E-state index contributed by atoms with van der Waals surface area (Å²) in [6, 6.07) is 4.14. The van der Waals surface area contributed by atoms with E-state index in [0.29, 0.717) is 5.52 Å². The molecule has 2 aromatic rings. The summed E-state index contributed by atoms with van der Waals surface area (Å²) in [5.74, 6) is -1.42. The Kier molecular flexibility index (Phi) is 3.74. The van der Waals surface area contributed by atoms with Crippen LogP contribution < -0.4 is 11.4 Å². The smallest absolute Gasteiger partial charge is 0.423 e. The molecule has 20 heavy (non-hydrogen) atoms. The summed E-state index contributed by atoms with van der Waals surface area (Å²) in [6.07, 6.45) is 0. The predicted octanol–water partition coefficient (Wildman–Crippen LogP) is 1.39. The maximum atomic E-state index is 11.9. The Morgan fingerprint density at radius 2 is 2.10 bits per heavy atom. The summed E-state index contributed by atoms with van der Waals surface area (Å²) < 4.78 is 10.7. The second kappa shape index (κ2) is 5.32. The van der Waals surface area contributed by atoms with Gasteiger partial charge >= 0.3 is 17.4 Å². The number of nitrogens with zero attached hydrogens (tertiary/aromatic N) is 1. The fraction of sp³-hybridized carbons (Fsp3) is 0.357. The summed E-state index contributed by atoms with van der Waals surface area (Å²) in [4.78, 5) is 35.4. The summed E-state index contributed by atoms with van der Waals surface area (Å²) in [5, 5.41) is 0.265. The van der Waals surface area contributed by atoms with E-state index in [1.807, 2.05) is 6.92 Å². The van der Waals surface area contributed by atoms with Gasteiger partial charge in [0.05, 0.1) is 17.5 Å². The van der Waals surface area contributed by atoms with Gasteiger partial charge in [0.2, 0.25) is 0 Å². The first-order valence-corrected chi connectivity index (χ1v) is 6.28. The van der Waals surface area contributed by atoms with Gasteiger partial charge in [0.1, 0.15) is 6.04 Å². The fourth-order valence-electron chi connectivity index (χ4n) is 2.04. The van der Waals surface area contributed by atoms with Crippen molar-refractivity contribution < 1.29 is 13.9 Å². The van der Waals surface area contributed by atoms with Crippen LogP contribution in [0.1, 0.15) is 25.5 Å². The first-order chi connectivity index (χ1) is 9.45. The maximum Gasteiger partial charge on any atom is 0.423 e. The van der Waals surface area contributed by atoms with Crippen molar-refractivity contribution in [1.29, 1.82) is 0 Å². The van der Waals surface area contributed by atoms with Gasteiger partial charge in [-0.2, -0.15) is 0 Å². The van der Waals surface area contributed by atoms with E-state index in [9.17, 15) is 14.4 Å². The Morgan fingerprint density at radius 3 is 2.75 bits per heavy atom. The number of carbonyl (C=O) groups is 1. The number of benzene rings is 1. The molecule has 6 nitrogen and oxygen atoms in total. The number of esters is 1. The lowest BCUT2D eigenvalue weighted by molar-refractivity contribution is -0.146. The highest BCUT2D eigenvalue weighted by molar-refractivity contribution is 5.81. The lowest BCUT2D eigenvalue weighted by atomic mass is 10.1. The summed E-state index contributed by atoms with van der Waals surface area (Å²) in [7, 11) is 0. The second-order valence-electron chi connectivity index (χ2n) is 4.47. The van der Waals surface area contributed by atoms with E-state index in [-0.39, 0.29) is 12.0 Å². The molecule has 0 aliphatic heterocycles. The molecule has 1 atom stereocenters. The highest BCUT2D eigenvalue weighted by Crippen LogP contribution is 2.15. The maximum absolute atomic E-state index is 11.9. The zero-order chi connectivity index (χ0) is 14.9. The van der Waals surface area contributed by atoms with Crippen LogP contribution in [0.4, 0.5) is 0 Å². The second-order valence-corrected chi connectivity index (χ2v) is 4.47. The third kappa shape index (κ3) is 2.36. The van der Waals surface area contributed by atoms with E-state index in [1.165, 1.54) is 6.92 Å². The number of hydrogen-bond donors (Lipinski definition) is 0. The third-order valence-electron chi connectivity index (χ3n) is 3.02. The molecule has 106 valence electrons.